The normalized spacial score (nSPS) is 20.3. The second-order valence-electron chi connectivity index (χ2n) is 5.91. The van der Waals surface area contributed by atoms with Gasteiger partial charge in [0.25, 0.3) is 0 Å². The van der Waals surface area contributed by atoms with E-state index < -0.39 is 0 Å². The topological polar surface area (TPSA) is 50.4 Å². The molecule has 0 aliphatic carbocycles. The maximum absolute atomic E-state index is 11.8. The first-order chi connectivity index (χ1) is 9.09. The van der Waals surface area contributed by atoms with Gasteiger partial charge in [-0.1, -0.05) is 6.92 Å². The maximum Gasteiger partial charge on any atom is 0.220 e. The lowest BCUT2D eigenvalue weighted by Crippen LogP contribution is -2.35. The minimum Gasteiger partial charge on any atom is -0.379 e. The van der Waals surface area contributed by atoms with E-state index in [0.717, 1.165) is 32.7 Å². The summed E-state index contributed by atoms with van der Waals surface area (Å²) in [6.07, 6.45) is 4.31. The number of rotatable bonds is 8. The number of hydrogen-bond donors (Lipinski definition) is 2. The average molecular weight is 307 g/mol. The molecular weight excluding hydrogens is 276 g/mol. The lowest BCUT2D eigenvalue weighted by atomic mass is 9.85. The van der Waals surface area contributed by atoms with E-state index in [2.05, 4.69) is 17.6 Å². The van der Waals surface area contributed by atoms with Gasteiger partial charge in [-0.25, -0.2) is 0 Å². The molecule has 4 nitrogen and oxygen atoms in total. The Hall–Kier alpha value is -0.320. The minimum absolute atomic E-state index is 0. The number of piperidine rings is 1. The molecule has 2 atom stereocenters. The second kappa shape index (κ2) is 11.4. The Balaban J connectivity index is 0.00000361. The van der Waals surface area contributed by atoms with Crippen molar-refractivity contribution < 1.29 is 9.53 Å². The van der Waals surface area contributed by atoms with Crippen LogP contribution in [0.5, 0.6) is 0 Å². The molecule has 1 amide bonds. The van der Waals surface area contributed by atoms with E-state index in [0.29, 0.717) is 18.3 Å². The van der Waals surface area contributed by atoms with Crippen LogP contribution in [0, 0.1) is 11.8 Å². The number of carbonyl (C=O) groups is 1. The highest BCUT2D eigenvalue weighted by molar-refractivity contribution is 5.85. The van der Waals surface area contributed by atoms with E-state index in [1.54, 1.807) is 0 Å². The molecule has 0 radical (unpaired) electrons. The Bertz CT molecular complexity index is 256. The fourth-order valence-electron chi connectivity index (χ4n) is 2.51. The zero-order chi connectivity index (χ0) is 14.1. The molecule has 0 aromatic carbocycles. The molecular formula is C15H31ClN2O2. The molecule has 120 valence electrons. The monoisotopic (exact) mass is 306 g/mol. The first-order valence-electron chi connectivity index (χ1n) is 7.68. The molecule has 0 aromatic rings. The van der Waals surface area contributed by atoms with E-state index in [1.165, 1.54) is 12.8 Å². The summed E-state index contributed by atoms with van der Waals surface area (Å²) in [6.45, 7) is 9.89. The van der Waals surface area contributed by atoms with Crippen molar-refractivity contribution in [2.45, 2.75) is 52.6 Å². The van der Waals surface area contributed by atoms with Crippen molar-refractivity contribution in [2.24, 2.45) is 11.8 Å². The smallest absolute Gasteiger partial charge is 0.220 e. The van der Waals surface area contributed by atoms with Gasteiger partial charge in [-0.2, -0.15) is 0 Å². The third kappa shape index (κ3) is 8.77. The van der Waals surface area contributed by atoms with Gasteiger partial charge in [0.1, 0.15) is 0 Å². The van der Waals surface area contributed by atoms with Crippen LogP contribution < -0.4 is 10.6 Å². The molecule has 0 bridgehead atoms. The maximum atomic E-state index is 11.8. The summed E-state index contributed by atoms with van der Waals surface area (Å²) in [7, 11) is 0. The lowest BCUT2D eigenvalue weighted by Gasteiger charge is -2.28. The number of halogens is 1. The summed E-state index contributed by atoms with van der Waals surface area (Å²) in [4.78, 5) is 11.8. The van der Waals surface area contributed by atoms with E-state index >= 15 is 0 Å². The van der Waals surface area contributed by atoms with E-state index in [-0.39, 0.29) is 24.4 Å². The molecule has 1 heterocycles. The van der Waals surface area contributed by atoms with Crippen LogP contribution in [0.4, 0.5) is 0 Å². The molecule has 0 aromatic heterocycles. The summed E-state index contributed by atoms with van der Waals surface area (Å²) in [5.41, 5.74) is 0. The van der Waals surface area contributed by atoms with Gasteiger partial charge < -0.3 is 15.4 Å². The standard InChI is InChI=1S/C15H30N2O2.ClH/c1-12(2)19-9-5-8-17-15(18)10-13(3)14-6-4-7-16-11-14;/h12-14,16H,4-11H2,1-3H3,(H,17,18);1H. The molecule has 0 spiro atoms. The third-order valence-electron chi connectivity index (χ3n) is 3.74. The Labute approximate surface area is 129 Å². The van der Waals surface area contributed by atoms with Crippen LogP contribution in [0.3, 0.4) is 0 Å². The van der Waals surface area contributed by atoms with Crippen molar-refractivity contribution in [2.75, 3.05) is 26.2 Å². The highest BCUT2D eigenvalue weighted by Gasteiger charge is 2.21. The fraction of sp³-hybridized carbons (Fsp3) is 0.933. The third-order valence-corrected chi connectivity index (χ3v) is 3.74. The van der Waals surface area contributed by atoms with E-state index in [4.69, 9.17) is 4.74 Å². The predicted molar refractivity (Wildman–Crippen MR) is 85.3 cm³/mol. The minimum atomic E-state index is 0. The molecule has 1 aliphatic rings. The zero-order valence-electron chi connectivity index (χ0n) is 13.1. The molecule has 0 saturated carbocycles. The van der Waals surface area contributed by atoms with E-state index in [9.17, 15) is 4.79 Å². The zero-order valence-corrected chi connectivity index (χ0v) is 13.9. The average Bonchev–Trinajstić information content (AvgIpc) is 2.39. The fourth-order valence-corrected chi connectivity index (χ4v) is 2.51. The first kappa shape index (κ1) is 19.7. The Morgan fingerprint density at radius 3 is 2.75 bits per heavy atom. The Morgan fingerprint density at radius 2 is 2.15 bits per heavy atom. The lowest BCUT2D eigenvalue weighted by molar-refractivity contribution is -0.122. The van der Waals surface area contributed by atoms with Crippen molar-refractivity contribution in [3.63, 3.8) is 0 Å². The molecule has 20 heavy (non-hydrogen) atoms. The van der Waals surface area contributed by atoms with Crippen LogP contribution in [0.15, 0.2) is 0 Å². The highest BCUT2D eigenvalue weighted by atomic mass is 35.5. The summed E-state index contributed by atoms with van der Waals surface area (Å²) in [5.74, 6) is 1.31. The molecule has 1 rings (SSSR count). The van der Waals surface area contributed by atoms with Crippen LogP contribution >= 0.6 is 12.4 Å². The van der Waals surface area contributed by atoms with Gasteiger partial charge >= 0.3 is 0 Å². The van der Waals surface area contributed by atoms with Crippen molar-refractivity contribution in [3.8, 4) is 0 Å². The quantitative estimate of drug-likeness (QED) is 0.677. The number of nitrogens with one attached hydrogen (secondary N) is 2. The van der Waals surface area contributed by atoms with Crippen molar-refractivity contribution in [3.05, 3.63) is 0 Å². The molecule has 1 fully saturated rings. The number of hydrogen-bond acceptors (Lipinski definition) is 3. The van der Waals surface area contributed by atoms with Crippen LogP contribution in [0.25, 0.3) is 0 Å². The highest BCUT2D eigenvalue weighted by Crippen LogP contribution is 2.22. The Morgan fingerprint density at radius 1 is 1.40 bits per heavy atom. The molecule has 2 unspecified atom stereocenters. The molecule has 1 saturated heterocycles. The van der Waals surface area contributed by atoms with Gasteiger partial charge in [-0.05, 0) is 58.0 Å². The molecule has 2 N–H and O–H groups in total. The van der Waals surface area contributed by atoms with Crippen molar-refractivity contribution in [1.82, 2.24) is 10.6 Å². The number of ether oxygens (including phenoxy) is 1. The van der Waals surface area contributed by atoms with Gasteiger partial charge in [0.2, 0.25) is 5.91 Å². The first-order valence-corrected chi connectivity index (χ1v) is 7.68. The summed E-state index contributed by atoms with van der Waals surface area (Å²) < 4.78 is 5.44. The summed E-state index contributed by atoms with van der Waals surface area (Å²) in [5, 5.41) is 6.40. The second-order valence-corrected chi connectivity index (χ2v) is 5.91. The summed E-state index contributed by atoms with van der Waals surface area (Å²) >= 11 is 0. The van der Waals surface area contributed by atoms with Gasteiger partial charge in [-0.15, -0.1) is 12.4 Å². The van der Waals surface area contributed by atoms with Gasteiger partial charge in [0.15, 0.2) is 0 Å². The number of amides is 1. The van der Waals surface area contributed by atoms with Crippen molar-refractivity contribution >= 4 is 18.3 Å². The van der Waals surface area contributed by atoms with Crippen LogP contribution in [0.1, 0.15) is 46.5 Å². The van der Waals surface area contributed by atoms with Gasteiger partial charge in [-0.3, -0.25) is 4.79 Å². The van der Waals surface area contributed by atoms with Crippen molar-refractivity contribution in [1.29, 1.82) is 0 Å². The predicted octanol–water partition coefficient (Wildman–Crippen LogP) is 2.37. The largest absolute Gasteiger partial charge is 0.379 e. The SMILES string of the molecule is CC(C)OCCCNC(=O)CC(C)C1CCCNC1.Cl. The summed E-state index contributed by atoms with van der Waals surface area (Å²) in [6, 6.07) is 0. The molecule has 1 aliphatic heterocycles. The number of carbonyl (C=O) groups excluding carboxylic acids is 1. The van der Waals surface area contributed by atoms with Gasteiger partial charge in [0.05, 0.1) is 6.10 Å². The van der Waals surface area contributed by atoms with Crippen LogP contribution in [-0.4, -0.2) is 38.3 Å². The Kier molecular flexibility index (Phi) is 11.2. The molecule has 5 heteroatoms. The van der Waals surface area contributed by atoms with Crippen LogP contribution in [0.2, 0.25) is 0 Å². The van der Waals surface area contributed by atoms with E-state index in [1.807, 2.05) is 13.8 Å². The van der Waals surface area contributed by atoms with Crippen LogP contribution in [-0.2, 0) is 9.53 Å². The van der Waals surface area contributed by atoms with Gasteiger partial charge in [0, 0.05) is 19.6 Å².